The van der Waals surface area contributed by atoms with Gasteiger partial charge in [-0.1, -0.05) is 48.2 Å². The van der Waals surface area contributed by atoms with Crippen LogP contribution in [-0.4, -0.2) is 28.5 Å². The van der Waals surface area contributed by atoms with Crippen molar-refractivity contribution in [2.75, 3.05) is 17.3 Å². The number of thioether (sulfide) groups is 1. The van der Waals surface area contributed by atoms with Crippen LogP contribution < -0.4 is 9.64 Å². The van der Waals surface area contributed by atoms with Gasteiger partial charge in [-0.3, -0.25) is 9.69 Å². The monoisotopic (exact) mass is 431 g/mol. The molecule has 0 aliphatic carbocycles. The van der Waals surface area contributed by atoms with E-state index in [1.165, 1.54) is 11.8 Å². The smallest absolute Gasteiger partial charge is 0.277 e. The molecule has 1 amide bonds. The number of para-hydroxylation sites is 2. The first-order valence-corrected chi connectivity index (χ1v) is 10.9. The zero-order valence-corrected chi connectivity index (χ0v) is 17.8. The fourth-order valence-corrected chi connectivity index (χ4v) is 3.64. The van der Waals surface area contributed by atoms with Crippen LogP contribution in [0.3, 0.4) is 0 Å². The quantitative estimate of drug-likeness (QED) is 0.339. The minimum absolute atomic E-state index is 0.0804. The van der Waals surface area contributed by atoms with E-state index in [0.717, 1.165) is 22.7 Å². The van der Waals surface area contributed by atoms with Crippen LogP contribution in [0.25, 0.3) is 11.5 Å². The van der Waals surface area contributed by atoms with E-state index in [-0.39, 0.29) is 11.7 Å². The zero-order chi connectivity index (χ0) is 21.5. The van der Waals surface area contributed by atoms with Crippen LogP contribution in [0.2, 0.25) is 0 Å². The molecule has 7 heteroatoms. The Balaban J connectivity index is 1.46. The zero-order valence-electron chi connectivity index (χ0n) is 17.0. The minimum atomic E-state index is -0.0804. The summed E-state index contributed by atoms with van der Waals surface area (Å²) in [6.07, 6.45) is 0. The molecule has 0 aliphatic rings. The molecular weight excluding hydrogens is 410 g/mol. The first-order valence-electron chi connectivity index (χ1n) is 9.87. The summed E-state index contributed by atoms with van der Waals surface area (Å²) in [5, 5.41) is 8.52. The molecule has 0 saturated carbocycles. The fourth-order valence-electron chi connectivity index (χ4n) is 3.02. The molecule has 0 atom stereocenters. The predicted molar refractivity (Wildman–Crippen MR) is 122 cm³/mol. The van der Waals surface area contributed by atoms with Crippen LogP contribution in [0.4, 0.5) is 11.4 Å². The number of nitrogens with zero attached hydrogens (tertiary/aromatic N) is 3. The second-order valence-electron chi connectivity index (χ2n) is 6.52. The lowest BCUT2D eigenvalue weighted by Crippen LogP contribution is -2.27. The third-order valence-electron chi connectivity index (χ3n) is 4.42. The molecule has 0 unspecified atom stereocenters. The summed E-state index contributed by atoms with van der Waals surface area (Å²) in [6, 6.07) is 26.6. The summed E-state index contributed by atoms with van der Waals surface area (Å²) in [4.78, 5) is 14.8. The molecule has 0 radical (unpaired) electrons. The SMILES string of the molecule is CCOc1ccc(-c2nnc(SCC(=O)N(c3ccccc3)c3ccccc3)o2)cc1. The van der Waals surface area contributed by atoms with E-state index in [9.17, 15) is 4.79 Å². The highest BCUT2D eigenvalue weighted by molar-refractivity contribution is 7.99. The van der Waals surface area contributed by atoms with Gasteiger partial charge in [0.15, 0.2) is 0 Å². The predicted octanol–water partition coefficient (Wildman–Crippen LogP) is 5.59. The average molecular weight is 432 g/mol. The molecule has 1 heterocycles. The lowest BCUT2D eigenvalue weighted by atomic mass is 10.2. The van der Waals surface area contributed by atoms with Crippen molar-refractivity contribution in [1.82, 2.24) is 10.2 Å². The largest absolute Gasteiger partial charge is 0.494 e. The Kier molecular flexibility index (Phi) is 6.64. The van der Waals surface area contributed by atoms with Crippen molar-refractivity contribution in [1.29, 1.82) is 0 Å². The number of carbonyl (C=O) groups is 1. The minimum Gasteiger partial charge on any atom is -0.494 e. The van der Waals surface area contributed by atoms with E-state index >= 15 is 0 Å². The number of ether oxygens (including phenoxy) is 1. The summed E-state index contributed by atoms with van der Waals surface area (Å²) < 4.78 is 11.2. The standard InChI is InChI=1S/C24H21N3O3S/c1-2-29-21-15-13-18(14-16-21)23-25-26-24(30-23)31-17-22(28)27(19-9-5-3-6-10-19)20-11-7-4-8-12-20/h3-16H,2,17H2,1H3. The molecule has 3 aromatic carbocycles. The van der Waals surface area contributed by atoms with E-state index in [1.54, 1.807) is 4.90 Å². The van der Waals surface area contributed by atoms with Crippen molar-refractivity contribution in [3.05, 3.63) is 84.9 Å². The highest BCUT2D eigenvalue weighted by atomic mass is 32.2. The summed E-state index contributed by atoms with van der Waals surface area (Å²) in [7, 11) is 0. The third kappa shape index (κ3) is 5.13. The Bertz CT molecular complexity index is 1080. The van der Waals surface area contributed by atoms with Gasteiger partial charge in [-0.25, -0.2) is 0 Å². The van der Waals surface area contributed by atoms with Crippen LogP contribution in [0.1, 0.15) is 6.92 Å². The van der Waals surface area contributed by atoms with Crippen LogP contribution in [-0.2, 0) is 4.79 Å². The van der Waals surface area contributed by atoms with E-state index < -0.39 is 0 Å². The summed E-state index contributed by atoms with van der Waals surface area (Å²) in [6.45, 7) is 2.55. The van der Waals surface area contributed by atoms with Crippen LogP contribution >= 0.6 is 11.8 Å². The molecule has 156 valence electrons. The number of benzene rings is 3. The Morgan fingerprint density at radius 1 is 0.903 bits per heavy atom. The first-order chi connectivity index (χ1) is 15.2. The number of anilines is 2. The van der Waals surface area contributed by atoms with Crippen LogP contribution in [0, 0.1) is 0 Å². The van der Waals surface area contributed by atoms with E-state index in [1.807, 2.05) is 91.9 Å². The van der Waals surface area contributed by atoms with Gasteiger partial charge in [-0.15, -0.1) is 10.2 Å². The maximum Gasteiger partial charge on any atom is 0.277 e. The van der Waals surface area contributed by atoms with Crippen molar-refractivity contribution >= 4 is 29.0 Å². The molecule has 0 fully saturated rings. The van der Waals surface area contributed by atoms with E-state index in [2.05, 4.69) is 10.2 Å². The van der Waals surface area contributed by atoms with Gasteiger partial charge >= 0.3 is 0 Å². The van der Waals surface area contributed by atoms with E-state index in [4.69, 9.17) is 9.15 Å². The van der Waals surface area contributed by atoms with Gasteiger partial charge < -0.3 is 9.15 Å². The van der Waals surface area contributed by atoms with Gasteiger partial charge in [0.2, 0.25) is 11.8 Å². The molecule has 0 bridgehead atoms. The second kappa shape index (κ2) is 9.95. The number of hydrogen-bond donors (Lipinski definition) is 0. The maximum atomic E-state index is 13.1. The Morgan fingerprint density at radius 3 is 2.10 bits per heavy atom. The van der Waals surface area contributed by atoms with Crippen molar-refractivity contribution < 1.29 is 13.9 Å². The molecular formula is C24H21N3O3S. The normalized spacial score (nSPS) is 10.6. The van der Waals surface area contributed by atoms with Crippen LogP contribution in [0.15, 0.2) is 94.6 Å². The number of carbonyl (C=O) groups excluding carboxylic acids is 1. The van der Waals surface area contributed by atoms with Gasteiger partial charge in [0.25, 0.3) is 5.22 Å². The van der Waals surface area contributed by atoms with Crippen molar-refractivity contribution in [2.24, 2.45) is 0 Å². The lowest BCUT2D eigenvalue weighted by molar-refractivity contribution is -0.115. The van der Waals surface area contributed by atoms with Gasteiger partial charge in [-0.05, 0) is 55.5 Å². The Morgan fingerprint density at radius 2 is 1.52 bits per heavy atom. The molecule has 6 nitrogen and oxygen atoms in total. The summed E-state index contributed by atoms with van der Waals surface area (Å²) in [5.41, 5.74) is 2.41. The maximum absolute atomic E-state index is 13.1. The number of rotatable bonds is 8. The van der Waals surface area contributed by atoms with E-state index in [0.29, 0.717) is 17.7 Å². The van der Waals surface area contributed by atoms with Gasteiger partial charge in [0.05, 0.1) is 12.4 Å². The van der Waals surface area contributed by atoms with Crippen molar-refractivity contribution in [2.45, 2.75) is 12.1 Å². The van der Waals surface area contributed by atoms with Gasteiger partial charge in [0.1, 0.15) is 5.75 Å². The molecule has 4 aromatic rings. The molecule has 0 saturated heterocycles. The van der Waals surface area contributed by atoms with Crippen molar-refractivity contribution in [3.8, 4) is 17.2 Å². The fraction of sp³-hybridized carbons (Fsp3) is 0.125. The number of hydrogen-bond acceptors (Lipinski definition) is 6. The molecule has 1 aromatic heterocycles. The average Bonchev–Trinajstić information content (AvgIpc) is 3.29. The molecule has 0 spiro atoms. The third-order valence-corrected chi connectivity index (χ3v) is 5.22. The first kappa shape index (κ1) is 20.7. The molecule has 31 heavy (non-hydrogen) atoms. The number of amides is 1. The molecule has 0 aliphatic heterocycles. The van der Waals surface area contributed by atoms with Crippen LogP contribution in [0.5, 0.6) is 5.75 Å². The highest BCUT2D eigenvalue weighted by Crippen LogP contribution is 2.28. The Labute approximate surface area is 184 Å². The highest BCUT2D eigenvalue weighted by Gasteiger charge is 2.19. The Hall–Kier alpha value is -3.58. The molecule has 4 rings (SSSR count). The number of aromatic nitrogens is 2. The van der Waals surface area contributed by atoms with Gasteiger partial charge in [0, 0.05) is 16.9 Å². The molecule has 0 N–H and O–H groups in total. The topological polar surface area (TPSA) is 68.5 Å². The van der Waals surface area contributed by atoms with Crippen molar-refractivity contribution in [3.63, 3.8) is 0 Å². The summed E-state index contributed by atoms with van der Waals surface area (Å²) in [5.74, 6) is 1.27. The summed E-state index contributed by atoms with van der Waals surface area (Å²) >= 11 is 1.22. The lowest BCUT2D eigenvalue weighted by Gasteiger charge is -2.22. The van der Waals surface area contributed by atoms with Gasteiger partial charge in [-0.2, -0.15) is 0 Å². The second-order valence-corrected chi connectivity index (χ2v) is 7.45.